The Balaban J connectivity index is 1.72. The van der Waals surface area contributed by atoms with Gasteiger partial charge in [-0.3, -0.25) is 14.8 Å². The maximum atomic E-state index is 15.3. The molecule has 0 bridgehead atoms. The highest BCUT2D eigenvalue weighted by molar-refractivity contribution is 8.15. The summed E-state index contributed by atoms with van der Waals surface area (Å²) in [5, 5.41) is 9.03. The van der Waals surface area contributed by atoms with Crippen LogP contribution in [0.2, 0.25) is 0 Å². The lowest BCUT2D eigenvalue weighted by molar-refractivity contribution is -0.136. The fourth-order valence-corrected chi connectivity index (χ4v) is 6.31. The lowest BCUT2D eigenvalue weighted by atomic mass is 9.73. The van der Waals surface area contributed by atoms with Gasteiger partial charge >= 0.3 is 0 Å². The minimum atomic E-state index is -1.26. The Kier molecular flexibility index (Phi) is 7.12. The molecule has 0 aliphatic carbocycles. The fraction of sp³-hybridized carbons (Fsp3) is 0.407. The first-order chi connectivity index (χ1) is 17.4. The average molecular weight is 528 g/mol. The third kappa shape index (κ3) is 4.73. The number of rotatable bonds is 4. The number of halogens is 3. The lowest BCUT2D eigenvalue weighted by Crippen LogP contribution is -2.58. The summed E-state index contributed by atoms with van der Waals surface area (Å²) < 4.78 is 43.3. The number of nitrogens with zero attached hydrogens (tertiary/aromatic N) is 4. The van der Waals surface area contributed by atoms with Crippen LogP contribution in [0.4, 0.5) is 13.2 Å². The Morgan fingerprint density at radius 1 is 1.30 bits per heavy atom. The maximum absolute atomic E-state index is 15.3. The molecule has 5 atom stereocenters. The van der Waals surface area contributed by atoms with Crippen LogP contribution >= 0.6 is 11.8 Å². The van der Waals surface area contributed by atoms with E-state index in [2.05, 4.69) is 9.98 Å². The van der Waals surface area contributed by atoms with Gasteiger partial charge in [0.2, 0.25) is 5.91 Å². The van der Waals surface area contributed by atoms with Crippen LogP contribution in [0.5, 0.6) is 0 Å². The highest BCUT2D eigenvalue weighted by atomic mass is 32.2. The van der Waals surface area contributed by atoms with Crippen molar-refractivity contribution in [3.63, 3.8) is 0 Å². The summed E-state index contributed by atoms with van der Waals surface area (Å²) >= 11 is 1.10. The number of amidine groups is 1. The summed E-state index contributed by atoms with van der Waals surface area (Å²) in [4.78, 5) is 23.8. The predicted octanol–water partition coefficient (Wildman–Crippen LogP) is 5.19. The molecule has 37 heavy (non-hydrogen) atoms. The summed E-state index contributed by atoms with van der Waals surface area (Å²) in [5.41, 5.74) is 5.80. The number of pyridine rings is 1. The number of hydrogen-bond acceptors (Lipinski definition) is 6. The van der Waals surface area contributed by atoms with Gasteiger partial charge < -0.3 is 10.6 Å². The number of aliphatic imine (C=N–C) groups is 1. The molecule has 6 nitrogen and oxygen atoms in total. The maximum Gasteiger partial charge on any atom is 0.239 e. The van der Waals surface area contributed by atoms with Crippen LogP contribution in [0.25, 0.3) is 11.9 Å². The summed E-state index contributed by atoms with van der Waals surface area (Å²) in [6.45, 7) is 7.22. The number of carbonyl (C=O) groups excluding carboxylic acids is 1. The smallest absolute Gasteiger partial charge is 0.239 e. The molecule has 0 unspecified atom stereocenters. The topological polar surface area (TPSA) is 95.4 Å². The molecular weight excluding hydrogens is 499 g/mol. The van der Waals surface area contributed by atoms with Crippen molar-refractivity contribution in [1.29, 1.82) is 5.26 Å². The molecule has 1 aromatic carbocycles. The average Bonchev–Trinajstić information content (AvgIpc) is 3.20. The van der Waals surface area contributed by atoms with Crippen molar-refractivity contribution in [2.24, 2.45) is 16.6 Å². The summed E-state index contributed by atoms with van der Waals surface area (Å²) in [6, 6.07) is 8.35. The van der Waals surface area contributed by atoms with E-state index in [0.717, 1.165) is 11.8 Å². The number of nitrogens with two attached hydrogens (primary N) is 1. The second-order valence-electron chi connectivity index (χ2n) is 9.85. The zero-order valence-electron chi connectivity index (χ0n) is 21.0. The van der Waals surface area contributed by atoms with E-state index in [1.807, 2.05) is 6.07 Å². The van der Waals surface area contributed by atoms with E-state index in [9.17, 15) is 13.6 Å². The minimum absolute atomic E-state index is 0.0323. The zero-order valence-corrected chi connectivity index (χ0v) is 21.8. The number of aromatic nitrogens is 1. The molecule has 0 saturated carbocycles. The van der Waals surface area contributed by atoms with Crippen molar-refractivity contribution in [3.8, 4) is 6.07 Å². The molecule has 10 heteroatoms. The van der Waals surface area contributed by atoms with Crippen LogP contribution in [0.15, 0.2) is 41.5 Å². The first kappa shape index (κ1) is 26.7. The molecular formula is C27H28F3N5OS. The number of hydrogen-bond donors (Lipinski definition) is 1. The van der Waals surface area contributed by atoms with Crippen LogP contribution in [-0.2, 0) is 10.3 Å². The molecule has 3 heterocycles. The van der Waals surface area contributed by atoms with Gasteiger partial charge in [-0.1, -0.05) is 24.8 Å². The quantitative estimate of drug-likeness (QED) is 0.591. The number of alkyl halides is 1. The molecule has 0 spiro atoms. The van der Waals surface area contributed by atoms with Crippen molar-refractivity contribution in [2.45, 2.75) is 56.6 Å². The van der Waals surface area contributed by atoms with Gasteiger partial charge in [0.1, 0.15) is 28.6 Å². The molecule has 1 fully saturated rings. The fourth-order valence-electron chi connectivity index (χ4n) is 5.03. The van der Waals surface area contributed by atoms with E-state index >= 15 is 4.39 Å². The molecule has 2 aliphatic rings. The normalized spacial score (nSPS) is 30.1. The standard InChI is InChI=1S/C27H28F3N5OS/c1-15-20(28)9-10-35(15)24(36)27(4)16(2)26(3,34-25(32)37-27)19-11-17(5-7-21(19)29)12-22(30)23-8-6-18(13-31)14-33-23/h5-8,11-12,14-16,20H,9-10H2,1-4H3,(H2,32,34)/b22-12-/t15-,16+,20-,26+,27+/m1/s1. The molecule has 1 amide bonds. The molecule has 2 N–H and O–H groups in total. The van der Waals surface area contributed by atoms with E-state index in [4.69, 9.17) is 11.0 Å². The van der Waals surface area contributed by atoms with E-state index in [1.54, 1.807) is 27.7 Å². The van der Waals surface area contributed by atoms with Crippen LogP contribution in [0.3, 0.4) is 0 Å². The molecule has 194 valence electrons. The first-order valence-corrected chi connectivity index (χ1v) is 12.8. The predicted molar refractivity (Wildman–Crippen MR) is 139 cm³/mol. The number of thioether (sulfide) groups is 1. The molecule has 4 rings (SSSR count). The Labute approximate surface area is 218 Å². The van der Waals surface area contributed by atoms with Crippen LogP contribution in [0.1, 0.15) is 56.5 Å². The highest BCUT2D eigenvalue weighted by Gasteiger charge is 2.56. The molecule has 2 aliphatic heterocycles. The van der Waals surface area contributed by atoms with Crippen LogP contribution < -0.4 is 5.73 Å². The van der Waals surface area contributed by atoms with Crippen molar-refractivity contribution in [2.75, 3.05) is 6.54 Å². The molecule has 1 aromatic heterocycles. The van der Waals surface area contributed by atoms with Crippen LogP contribution in [-0.4, -0.2) is 44.5 Å². The number of nitriles is 1. The second kappa shape index (κ2) is 9.86. The lowest BCUT2D eigenvalue weighted by Gasteiger charge is -2.48. The SMILES string of the molecule is C[C@@H]1[C@H](F)CCN1C(=O)[C@@]1(C)SC(N)=N[C@](C)(c2cc(/C=C(\F)c3ccc(C#N)cn3)ccc2F)[C@@H]1C. The van der Waals surface area contributed by atoms with E-state index in [-0.39, 0.29) is 28.8 Å². The monoisotopic (exact) mass is 527 g/mol. The largest absolute Gasteiger partial charge is 0.378 e. The van der Waals surface area contributed by atoms with Gasteiger partial charge in [0.05, 0.1) is 22.8 Å². The number of likely N-dealkylation sites (tertiary alicyclic amines) is 1. The van der Waals surface area contributed by atoms with Crippen molar-refractivity contribution < 1.29 is 18.0 Å². The minimum Gasteiger partial charge on any atom is -0.378 e. The van der Waals surface area contributed by atoms with Gasteiger partial charge in [-0.2, -0.15) is 5.26 Å². The van der Waals surface area contributed by atoms with Gasteiger partial charge in [-0.05, 0) is 63.1 Å². The third-order valence-electron chi connectivity index (χ3n) is 7.64. The summed E-state index contributed by atoms with van der Waals surface area (Å²) in [7, 11) is 0. The van der Waals surface area contributed by atoms with E-state index < -0.39 is 40.1 Å². The van der Waals surface area contributed by atoms with Gasteiger partial charge in [-0.25, -0.2) is 13.2 Å². The number of amides is 1. The van der Waals surface area contributed by atoms with Crippen molar-refractivity contribution in [1.82, 2.24) is 9.88 Å². The van der Waals surface area contributed by atoms with Gasteiger partial charge in [0, 0.05) is 24.2 Å². The zero-order chi connectivity index (χ0) is 27.1. The van der Waals surface area contributed by atoms with E-state index in [1.165, 1.54) is 47.5 Å². The van der Waals surface area contributed by atoms with Gasteiger partial charge in [0.15, 0.2) is 5.17 Å². The Morgan fingerprint density at radius 2 is 2.03 bits per heavy atom. The summed E-state index contributed by atoms with van der Waals surface area (Å²) in [5.74, 6) is -2.04. The van der Waals surface area contributed by atoms with Crippen molar-refractivity contribution in [3.05, 3.63) is 64.7 Å². The first-order valence-electron chi connectivity index (χ1n) is 11.9. The number of benzene rings is 1. The molecule has 2 aromatic rings. The molecule has 0 radical (unpaired) electrons. The van der Waals surface area contributed by atoms with E-state index in [0.29, 0.717) is 17.7 Å². The highest BCUT2D eigenvalue weighted by Crippen LogP contribution is 2.51. The van der Waals surface area contributed by atoms with Gasteiger partial charge in [0.25, 0.3) is 0 Å². The summed E-state index contributed by atoms with van der Waals surface area (Å²) in [6.07, 6.45) is 1.65. The Hall–Kier alpha value is -3.32. The Bertz CT molecular complexity index is 1320. The van der Waals surface area contributed by atoms with Crippen molar-refractivity contribution >= 4 is 34.7 Å². The third-order valence-corrected chi connectivity index (χ3v) is 8.89. The van der Waals surface area contributed by atoms with Crippen LogP contribution in [0, 0.1) is 23.1 Å². The van der Waals surface area contributed by atoms with Gasteiger partial charge in [-0.15, -0.1) is 0 Å². The second-order valence-corrected chi connectivity index (χ2v) is 11.3. The number of carbonyl (C=O) groups is 1. The Morgan fingerprint density at radius 3 is 2.62 bits per heavy atom. The molecule has 1 saturated heterocycles.